The second-order valence-electron chi connectivity index (χ2n) is 4.89. The van der Waals surface area contributed by atoms with E-state index in [-0.39, 0.29) is 18.0 Å². The number of nitrogens with zero attached hydrogens (tertiary/aromatic N) is 2. The first-order valence-corrected chi connectivity index (χ1v) is 7.17. The van der Waals surface area contributed by atoms with Gasteiger partial charge < -0.3 is 14.5 Å². The van der Waals surface area contributed by atoms with Crippen LogP contribution in [0.2, 0.25) is 0 Å². The van der Waals surface area contributed by atoms with E-state index in [1.807, 2.05) is 12.1 Å². The number of amides is 1. The zero-order valence-electron chi connectivity index (χ0n) is 12.8. The van der Waals surface area contributed by atoms with Crippen LogP contribution in [0.4, 0.5) is 4.39 Å². The van der Waals surface area contributed by atoms with Gasteiger partial charge in [0.25, 0.3) is 11.8 Å². The van der Waals surface area contributed by atoms with E-state index in [2.05, 4.69) is 15.5 Å². The van der Waals surface area contributed by atoms with Crippen LogP contribution in [-0.4, -0.2) is 23.2 Å². The van der Waals surface area contributed by atoms with Crippen molar-refractivity contribution in [2.24, 2.45) is 0 Å². The summed E-state index contributed by atoms with van der Waals surface area (Å²) in [7, 11) is 1.55. The van der Waals surface area contributed by atoms with Gasteiger partial charge in [-0.3, -0.25) is 4.79 Å². The number of rotatable bonds is 5. The number of nitrogens with one attached hydrogen (secondary N) is 1. The van der Waals surface area contributed by atoms with E-state index in [1.54, 1.807) is 19.2 Å². The van der Waals surface area contributed by atoms with Gasteiger partial charge in [-0.2, -0.15) is 0 Å². The van der Waals surface area contributed by atoms with E-state index in [9.17, 15) is 9.18 Å². The van der Waals surface area contributed by atoms with Crippen LogP contribution in [0.3, 0.4) is 0 Å². The van der Waals surface area contributed by atoms with Crippen LogP contribution >= 0.6 is 0 Å². The van der Waals surface area contributed by atoms with Crippen molar-refractivity contribution in [3.63, 3.8) is 0 Å². The Bertz CT molecular complexity index is 864. The molecule has 1 aromatic heterocycles. The Labute approximate surface area is 137 Å². The maximum absolute atomic E-state index is 13.1. The van der Waals surface area contributed by atoms with Gasteiger partial charge in [0.2, 0.25) is 5.89 Å². The number of aromatic nitrogens is 2. The molecule has 1 heterocycles. The zero-order chi connectivity index (χ0) is 16.9. The number of halogens is 1. The van der Waals surface area contributed by atoms with Gasteiger partial charge >= 0.3 is 0 Å². The highest BCUT2D eigenvalue weighted by Gasteiger charge is 2.14. The van der Waals surface area contributed by atoms with Crippen LogP contribution in [0.25, 0.3) is 11.5 Å². The van der Waals surface area contributed by atoms with Crippen molar-refractivity contribution in [3.05, 3.63) is 65.8 Å². The van der Waals surface area contributed by atoms with E-state index in [0.717, 1.165) is 6.07 Å². The summed E-state index contributed by atoms with van der Waals surface area (Å²) in [5.74, 6) is 0.241. The Morgan fingerprint density at radius 1 is 1.21 bits per heavy atom. The fourth-order valence-electron chi connectivity index (χ4n) is 2.14. The van der Waals surface area contributed by atoms with Gasteiger partial charge in [-0.25, -0.2) is 4.39 Å². The predicted octanol–water partition coefficient (Wildman–Crippen LogP) is 2.81. The van der Waals surface area contributed by atoms with Crippen molar-refractivity contribution in [1.29, 1.82) is 0 Å². The van der Waals surface area contributed by atoms with Crippen LogP contribution in [0, 0.1) is 5.82 Å². The molecule has 0 bridgehead atoms. The van der Waals surface area contributed by atoms with Crippen molar-refractivity contribution in [3.8, 4) is 17.2 Å². The first kappa shape index (κ1) is 15.7. The number of methoxy groups -OCH3 is 1. The van der Waals surface area contributed by atoms with Crippen molar-refractivity contribution in [2.75, 3.05) is 7.11 Å². The lowest BCUT2D eigenvalue weighted by Crippen LogP contribution is -2.23. The SMILES string of the molecule is COc1ccccc1-c1nnc(CNC(=O)c2cccc(F)c2)o1. The minimum Gasteiger partial charge on any atom is -0.496 e. The van der Waals surface area contributed by atoms with E-state index >= 15 is 0 Å². The Kier molecular flexibility index (Phi) is 4.51. The molecule has 6 nitrogen and oxygen atoms in total. The molecule has 0 aliphatic rings. The fourth-order valence-corrected chi connectivity index (χ4v) is 2.14. The van der Waals surface area contributed by atoms with Crippen LogP contribution in [-0.2, 0) is 6.54 Å². The quantitative estimate of drug-likeness (QED) is 0.780. The van der Waals surface area contributed by atoms with E-state index < -0.39 is 11.7 Å². The van der Waals surface area contributed by atoms with Crippen LogP contribution in [0.5, 0.6) is 5.75 Å². The summed E-state index contributed by atoms with van der Waals surface area (Å²) in [6.07, 6.45) is 0. The molecule has 0 aliphatic carbocycles. The molecule has 1 N–H and O–H groups in total. The van der Waals surface area contributed by atoms with E-state index in [4.69, 9.17) is 9.15 Å². The van der Waals surface area contributed by atoms with Gasteiger partial charge in [-0.05, 0) is 30.3 Å². The molecule has 2 aromatic carbocycles. The highest BCUT2D eigenvalue weighted by molar-refractivity contribution is 5.94. The average molecular weight is 327 g/mol. The molecule has 0 unspecified atom stereocenters. The third-order valence-electron chi connectivity index (χ3n) is 3.29. The summed E-state index contributed by atoms with van der Waals surface area (Å²) in [4.78, 5) is 12.0. The third-order valence-corrected chi connectivity index (χ3v) is 3.29. The molecule has 1 amide bonds. The van der Waals surface area contributed by atoms with Gasteiger partial charge in [0.05, 0.1) is 19.2 Å². The average Bonchev–Trinajstić information content (AvgIpc) is 3.08. The number of benzene rings is 2. The zero-order valence-corrected chi connectivity index (χ0v) is 12.8. The number of ether oxygens (including phenoxy) is 1. The molecule has 0 atom stereocenters. The topological polar surface area (TPSA) is 77.3 Å². The first-order chi connectivity index (χ1) is 11.7. The molecular formula is C17H14FN3O3. The Morgan fingerprint density at radius 2 is 2.04 bits per heavy atom. The number of hydrogen-bond acceptors (Lipinski definition) is 5. The third kappa shape index (κ3) is 3.40. The van der Waals surface area contributed by atoms with Gasteiger partial charge in [-0.15, -0.1) is 10.2 Å². The molecule has 0 spiro atoms. The maximum Gasteiger partial charge on any atom is 0.251 e. The minimum absolute atomic E-state index is 0.0392. The second-order valence-corrected chi connectivity index (χ2v) is 4.89. The molecule has 3 rings (SSSR count). The van der Waals surface area contributed by atoms with E-state index in [0.29, 0.717) is 17.2 Å². The molecule has 0 radical (unpaired) electrons. The molecule has 7 heteroatoms. The molecule has 24 heavy (non-hydrogen) atoms. The molecule has 3 aromatic rings. The molecular weight excluding hydrogens is 313 g/mol. The van der Waals surface area contributed by atoms with Gasteiger partial charge in [0, 0.05) is 5.56 Å². The van der Waals surface area contributed by atoms with E-state index in [1.165, 1.54) is 18.2 Å². The van der Waals surface area contributed by atoms with Crippen LogP contribution in [0.1, 0.15) is 16.2 Å². The number of carbonyl (C=O) groups excluding carboxylic acids is 1. The highest BCUT2D eigenvalue weighted by atomic mass is 19.1. The molecule has 122 valence electrons. The minimum atomic E-state index is -0.473. The predicted molar refractivity (Wildman–Crippen MR) is 83.9 cm³/mol. The normalized spacial score (nSPS) is 10.4. The lowest BCUT2D eigenvalue weighted by molar-refractivity contribution is 0.0947. The Morgan fingerprint density at radius 3 is 2.83 bits per heavy atom. The number of carbonyl (C=O) groups is 1. The first-order valence-electron chi connectivity index (χ1n) is 7.17. The Hall–Kier alpha value is -3.22. The fraction of sp³-hybridized carbons (Fsp3) is 0.118. The summed E-state index contributed by atoms with van der Waals surface area (Å²) in [5.41, 5.74) is 0.884. The van der Waals surface area contributed by atoms with Crippen LogP contribution < -0.4 is 10.1 Å². The van der Waals surface area contributed by atoms with Crippen molar-refractivity contribution >= 4 is 5.91 Å². The summed E-state index contributed by atoms with van der Waals surface area (Å²) >= 11 is 0. The van der Waals surface area contributed by atoms with Gasteiger partial charge in [0.15, 0.2) is 0 Å². The van der Waals surface area contributed by atoms with Crippen molar-refractivity contribution in [1.82, 2.24) is 15.5 Å². The molecule has 0 saturated carbocycles. The highest BCUT2D eigenvalue weighted by Crippen LogP contribution is 2.28. The smallest absolute Gasteiger partial charge is 0.251 e. The number of hydrogen-bond donors (Lipinski definition) is 1. The standard InChI is InChI=1S/C17H14FN3O3/c1-23-14-8-3-2-7-13(14)17-21-20-15(24-17)10-19-16(22)11-5-4-6-12(18)9-11/h2-9H,10H2,1H3,(H,19,22). The van der Waals surface area contributed by atoms with Gasteiger partial charge in [-0.1, -0.05) is 18.2 Å². The molecule has 0 saturated heterocycles. The van der Waals surface area contributed by atoms with Crippen molar-refractivity contribution < 1.29 is 18.3 Å². The van der Waals surface area contributed by atoms with Crippen molar-refractivity contribution in [2.45, 2.75) is 6.54 Å². The summed E-state index contributed by atoms with van der Waals surface area (Å²) < 4.78 is 23.9. The number of para-hydroxylation sites is 1. The van der Waals surface area contributed by atoms with Gasteiger partial charge in [0.1, 0.15) is 11.6 Å². The Balaban J connectivity index is 1.69. The largest absolute Gasteiger partial charge is 0.496 e. The summed E-state index contributed by atoms with van der Waals surface area (Å²) in [6, 6.07) is 12.7. The molecule has 0 fully saturated rings. The monoisotopic (exact) mass is 327 g/mol. The summed E-state index contributed by atoms with van der Waals surface area (Å²) in [6.45, 7) is 0.0392. The lowest BCUT2D eigenvalue weighted by Gasteiger charge is -2.04. The molecule has 0 aliphatic heterocycles. The lowest BCUT2D eigenvalue weighted by atomic mass is 10.2. The summed E-state index contributed by atoms with van der Waals surface area (Å²) in [5, 5.41) is 10.4. The second kappa shape index (κ2) is 6.91. The maximum atomic E-state index is 13.1. The van der Waals surface area contributed by atoms with Crippen LogP contribution in [0.15, 0.2) is 52.9 Å².